The van der Waals surface area contributed by atoms with Crippen molar-refractivity contribution in [2.45, 2.75) is 11.8 Å². The minimum Gasteiger partial charge on any atom is -0.493 e. The lowest BCUT2D eigenvalue weighted by molar-refractivity contribution is -0.115. The lowest BCUT2D eigenvalue weighted by atomic mass is 10.1. The third kappa shape index (κ3) is 4.70. The average Bonchev–Trinajstić information content (AvgIpc) is 3.19. The van der Waals surface area contributed by atoms with Gasteiger partial charge in [0.15, 0.2) is 22.5 Å². The van der Waals surface area contributed by atoms with E-state index in [1.165, 1.54) is 0 Å². The SMILES string of the molecule is COc1cccc(-c2nnc(SCC(=O)N=O)[nH]2)c1OCc1ccccc1. The number of carbonyl (C=O) groups excluding carboxylic acids is 1. The van der Waals surface area contributed by atoms with Crippen molar-refractivity contribution in [1.29, 1.82) is 0 Å². The summed E-state index contributed by atoms with van der Waals surface area (Å²) in [7, 11) is 1.56. The molecule has 1 amide bonds. The minimum absolute atomic E-state index is 0.104. The second-order valence-corrected chi connectivity index (χ2v) is 6.33. The van der Waals surface area contributed by atoms with Crippen LogP contribution in [0.1, 0.15) is 5.56 Å². The van der Waals surface area contributed by atoms with Crippen LogP contribution >= 0.6 is 11.8 Å². The van der Waals surface area contributed by atoms with Gasteiger partial charge in [0.05, 0.1) is 18.4 Å². The zero-order valence-corrected chi connectivity index (χ0v) is 15.2. The Bertz CT molecular complexity index is 930. The maximum absolute atomic E-state index is 11.0. The summed E-state index contributed by atoms with van der Waals surface area (Å²) in [6, 6.07) is 15.2. The van der Waals surface area contributed by atoms with Crippen LogP contribution in [0.25, 0.3) is 11.4 Å². The molecule has 0 radical (unpaired) electrons. The molecule has 0 aliphatic rings. The van der Waals surface area contributed by atoms with Gasteiger partial charge in [-0.3, -0.25) is 4.79 Å². The van der Waals surface area contributed by atoms with Gasteiger partial charge in [-0.2, -0.15) is 0 Å². The molecule has 0 aliphatic heterocycles. The smallest absolute Gasteiger partial charge is 0.296 e. The van der Waals surface area contributed by atoms with E-state index in [2.05, 4.69) is 20.4 Å². The summed E-state index contributed by atoms with van der Waals surface area (Å²) < 4.78 is 11.4. The number of aromatic amines is 1. The largest absolute Gasteiger partial charge is 0.493 e. The molecule has 0 atom stereocenters. The quantitative estimate of drug-likeness (QED) is 0.468. The number of hydrogen-bond acceptors (Lipinski definition) is 7. The number of hydrogen-bond donors (Lipinski definition) is 1. The molecule has 0 fully saturated rings. The zero-order valence-electron chi connectivity index (χ0n) is 14.4. The number of aromatic nitrogens is 3. The molecule has 0 bridgehead atoms. The highest BCUT2D eigenvalue weighted by atomic mass is 32.2. The second-order valence-electron chi connectivity index (χ2n) is 5.36. The molecule has 0 unspecified atom stereocenters. The highest BCUT2D eigenvalue weighted by molar-refractivity contribution is 7.99. The maximum Gasteiger partial charge on any atom is 0.296 e. The normalized spacial score (nSPS) is 10.4. The highest BCUT2D eigenvalue weighted by Crippen LogP contribution is 2.37. The van der Waals surface area contributed by atoms with Crippen LogP contribution in [0.5, 0.6) is 11.5 Å². The molecule has 1 N–H and O–H groups in total. The number of ether oxygens (including phenoxy) is 2. The van der Waals surface area contributed by atoms with Crippen LogP contribution in [-0.2, 0) is 11.4 Å². The summed E-state index contributed by atoms with van der Waals surface area (Å²) in [6.45, 7) is 0.365. The lowest BCUT2D eigenvalue weighted by Crippen LogP contribution is -2.00. The summed E-state index contributed by atoms with van der Waals surface area (Å²) in [5.74, 6) is 0.696. The first-order valence-corrected chi connectivity index (χ1v) is 8.95. The first kappa shape index (κ1) is 18.6. The van der Waals surface area contributed by atoms with Gasteiger partial charge in [-0.05, 0) is 17.7 Å². The van der Waals surface area contributed by atoms with Crippen molar-refractivity contribution in [3.63, 3.8) is 0 Å². The Morgan fingerprint density at radius 1 is 1.15 bits per heavy atom. The Kier molecular flexibility index (Phi) is 6.16. The van der Waals surface area contributed by atoms with Crippen molar-refractivity contribution in [1.82, 2.24) is 15.2 Å². The van der Waals surface area contributed by atoms with Crippen LogP contribution in [0, 0.1) is 4.91 Å². The highest BCUT2D eigenvalue weighted by Gasteiger charge is 2.17. The van der Waals surface area contributed by atoms with E-state index in [1.54, 1.807) is 13.2 Å². The van der Waals surface area contributed by atoms with E-state index in [1.807, 2.05) is 42.5 Å². The molecule has 3 rings (SSSR count). The number of H-pyrrole nitrogens is 1. The van der Waals surface area contributed by atoms with Crippen molar-refractivity contribution in [2.24, 2.45) is 5.18 Å². The summed E-state index contributed by atoms with van der Waals surface area (Å²) in [4.78, 5) is 24.2. The fraction of sp³-hybridized carbons (Fsp3) is 0.167. The fourth-order valence-electron chi connectivity index (χ4n) is 2.33. The van der Waals surface area contributed by atoms with Crippen LogP contribution in [0.3, 0.4) is 0 Å². The van der Waals surface area contributed by atoms with Gasteiger partial charge in [-0.25, -0.2) is 0 Å². The Labute approximate surface area is 159 Å². The molecular weight excluding hydrogens is 368 g/mol. The first-order chi connectivity index (χ1) is 13.2. The van der Waals surface area contributed by atoms with Crippen LogP contribution in [-0.4, -0.2) is 34.0 Å². The number of nitroso groups, excluding NO2 is 1. The third-order valence-corrected chi connectivity index (χ3v) is 4.43. The maximum atomic E-state index is 11.0. The molecule has 27 heavy (non-hydrogen) atoms. The number of carbonyl (C=O) groups is 1. The molecule has 2 aromatic carbocycles. The number of amides is 1. The minimum atomic E-state index is -0.758. The van der Waals surface area contributed by atoms with Gasteiger partial charge in [0, 0.05) is 5.18 Å². The second kappa shape index (κ2) is 8.95. The summed E-state index contributed by atoms with van der Waals surface area (Å²) in [5.41, 5.74) is 1.69. The van der Waals surface area contributed by atoms with Crippen molar-refractivity contribution in [3.05, 3.63) is 59.0 Å². The average molecular weight is 384 g/mol. The lowest BCUT2D eigenvalue weighted by Gasteiger charge is -2.14. The van der Waals surface area contributed by atoms with E-state index < -0.39 is 5.91 Å². The fourth-order valence-corrected chi connectivity index (χ4v) is 2.91. The van der Waals surface area contributed by atoms with Crippen LogP contribution in [0.2, 0.25) is 0 Å². The molecular formula is C18H16N4O4S. The molecule has 3 aromatic rings. The summed E-state index contributed by atoms with van der Waals surface area (Å²) >= 11 is 1.05. The van der Waals surface area contributed by atoms with Gasteiger partial charge in [-0.15, -0.1) is 15.1 Å². The van der Waals surface area contributed by atoms with E-state index >= 15 is 0 Å². The van der Waals surface area contributed by atoms with Crippen molar-refractivity contribution < 1.29 is 14.3 Å². The first-order valence-electron chi connectivity index (χ1n) is 7.97. The topological polar surface area (TPSA) is 107 Å². The van der Waals surface area contributed by atoms with Crippen molar-refractivity contribution in [3.8, 4) is 22.9 Å². The number of methoxy groups -OCH3 is 1. The molecule has 138 valence electrons. The van der Waals surface area contributed by atoms with E-state index in [-0.39, 0.29) is 5.75 Å². The molecule has 1 aromatic heterocycles. The van der Waals surface area contributed by atoms with Gasteiger partial charge in [0.1, 0.15) is 6.61 Å². The Morgan fingerprint density at radius 3 is 2.70 bits per heavy atom. The van der Waals surface area contributed by atoms with E-state index in [0.29, 0.717) is 34.7 Å². The Morgan fingerprint density at radius 2 is 1.96 bits per heavy atom. The van der Waals surface area contributed by atoms with Crippen molar-refractivity contribution in [2.75, 3.05) is 12.9 Å². The van der Waals surface area contributed by atoms with Gasteiger partial charge in [-0.1, -0.05) is 48.2 Å². The predicted octanol–water partition coefficient (Wildman–Crippen LogP) is 3.44. The van der Waals surface area contributed by atoms with Gasteiger partial charge >= 0.3 is 0 Å². The number of benzene rings is 2. The monoisotopic (exact) mass is 384 g/mol. The number of thioether (sulfide) groups is 1. The van der Waals surface area contributed by atoms with Crippen molar-refractivity contribution >= 4 is 17.7 Å². The summed E-state index contributed by atoms with van der Waals surface area (Å²) in [6.07, 6.45) is 0. The van der Waals surface area contributed by atoms with Gasteiger partial charge in [0.2, 0.25) is 0 Å². The number of nitrogens with zero attached hydrogens (tertiary/aromatic N) is 3. The number of nitrogens with one attached hydrogen (secondary N) is 1. The molecule has 1 heterocycles. The number of rotatable bonds is 8. The van der Waals surface area contributed by atoms with Gasteiger partial charge < -0.3 is 14.5 Å². The van der Waals surface area contributed by atoms with Gasteiger partial charge in [0.25, 0.3) is 5.91 Å². The number of para-hydroxylation sites is 1. The third-order valence-electron chi connectivity index (χ3n) is 3.58. The molecule has 0 saturated heterocycles. The molecule has 0 aliphatic carbocycles. The summed E-state index contributed by atoms with van der Waals surface area (Å²) in [5, 5.41) is 10.8. The molecule has 0 spiro atoms. The van der Waals surface area contributed by atoms with Crippen LogP contribution in [0.15, 0.2) is 58.9 Å². The van der Waals surface area contributed by atoms with Crippen LogP contribution < -0.4 is 9.47 Å². The van der Waals surface area contributed by atoms with Crippen LogP contribution in [0.4, 0.5) is 0 Å². The standard InChI is InChI=1S/C18H16N4O4S/c1-25-14-9-5-8-13(16(14)26-10-12-6-3-2-4-7-12)17-19-18(21-20-17)27-11-15(23)22-24/h2-9H,10-11H2,1H3,(H,19,20,21). The molecule has 0 saturated carbocycles. The Balaban J connectivity index is 1.83. The zero-order chi connectivity index (χ0) is 19.1. The van der Waals surface area contributed by atoms with E-state index in [4.69, 9.17) is 9.47 Å². The molecule has 9 heteroatoms. The predicted molar refractivity (Wildman–Crippen MR) is 101 cm³/mol. The van der Waals surface area contributed by atoms with E-state index in [9.17, 15) is 9.70 Å². The molecule has 8 nitrogen and oxygen atoms in total. The van der Waals surface area contributed by atoms with E-state index in [0.717, 1.165) is 17.3 Å². The Hall–Kier alpha value is -3.20.